The molecule has 0 unspecified atom stereocenters. The monoisotopic (exact) mass is 333 g/mol. The van der Waals surface area contributed by atoms with E-state index in [2.05, 4.69) is 5.32 Å². The zero-order valence-corrected chi connectivity index (χ0v) is 13.2. The van der Waals surface area contributed by atoms with E-state index >= 15 is 0 Å². The predicted molar refractivity (Wildman–Crippen MR) is 84.9 cm³/mol. The van der Waals surface area contributed by atoms with Crippen LogP contribution >= 0.6 is 0 Å². The van der Waals surface area contributed by atoms with Crippen LogP contribution in [0.15, 0.2) is 42.5 Å². The van der Waals surface area contributed by atoms with Gasteiger partial charge in [0.1, 0.15) is 22.9 Å². The summed E-state index contributed by atoms with van der Waals surface area (Å²) in [7, 11) is 2.80. The quantitative estimate of drug-likeness (QED) is 0.823. The van der Waals surface area contributed by atoms with Crippen molar-refractivity contribution in [1.29, 1.82) is 0 Å². The van der Waals surface area contributed by atoms with Crippen LogP contribution in [0.4, 0.5) is 10.1 Å². The van der Waals surface area contributed by atoms with Gasteiger partial charge in [0.15, 0.2) is 6.61 Å². The predicted octanol–water partition coefficient (Wildman–Crippen LogP) is 2.64. The number of hydrogen-bond donors (Lipinski definition) is 1. The molecule has 2 aromatic rings. The summed E-state index contributed by atoms with van der Waals surface area (Å²) in [5, 5.41) is 2.32. The summed E-state index contributed by atoms with van der Waals surface area (Å²) < 4.78 is 28.6. The minimum Gasteiger partial charge on any atom is -0.496 e. The molecule has 0 radical (unpaired) electrons. The molecule has 2 aromatic carbocycles. The van der Waals surface area contributed by atoms with Gasteiger partial charge in [-0.05, 0) is 24.3 Å². The smallest absolute Gasteiger partial charge is 0.346 e. The molecule has 6 nitrogen and oxygen atoms in total. The molecule has 0 atom stereocenters. The molecule has 1 amide bonds. The van der Waals surface area contributed by atoms with E-state index in [-0.39, 0.29) is 22.7 Å². The van der Waals surface area contributed by atoms with Gasteiger partial charge in [0, 0.05) is 0 Å². The van der Waals surface area contributed by atoms with Crippen molar-refractivity contribution in [2.24, 2.45) is 0 Å². The van der Waals surface area contributed by atoms with Crippen molar-refractivity contribution < 1.29 is 28.2 Å². The van der Waals surface area contributed by atoms with Crippen LogP contribution in [0.3, 0.4) is 0 Å². The Kier molecular flexibility index (Phi) is 5.73. The lowest BCUT2D eigenvalue weighted by Gasteiger charge is -2.12. The molecule has 126 valence electrons. The standard InChI is InChI=1S/C17H16FNO5/c1-22-13-8-5-9-14(23-2)16(13)17(21)24-10-15(20)19-12-7-4-3-6-11(12)18/h3-9H,10H2,1-2H3,(H,19,20). The second-order valence-corrected chi connectivity index (χ2v) is 4.64. The fraction of sp³-hybridized carbons (Fsp3) is 0.176. The van der Waals surface area contributed by atoms with Gasteiger partial charge in [0.2, 0.25) is 0 Å². The normalized spacial score (nSPS) is 9.96. The van der Waals surface area contributed by atoms with Crippen LogP contribution < -0.4 is 14.8 Å². The summed E-state index contributed by atoms with van der Waals surface area (Å²) >= 11 is 0. The Morgan fingerprint density at radius 3 is 2.21 bits per heavy atom. The minimum atomic E-state index is -0.784. The average molecular weight is 333 g/mol. The molecule has 0 saturated heterocycles. The first kappa shape index (κ1) is 17.3. The first-order valence-electron chi connectivity index (χ1n) is 6.99. The number of para-hydroxylation sites is 1. The third kappa shape index (κ3) is 4.01. The van der Waals surface area contributed by atoms with Crippen molar-refractivity contribution in [3.8, 4) is 11.5 Å². The van der Waals surface area contributed by atoms with Crippen molar-refractivity contribution in [3.05, 3.63) is 53.8 Å². The first-order chi connectivity index (χ1) is 11.6. The summed E-state index contributed by atoms with van der Waals surface area (Å²) in [6, 6.07) is 10.5. The molecule has 0 fully saturated rings. The van der Waals surface area contributed by atoms with Crippen molar-refractivity contribution >= 4 is 17.6 Å². The van der Waals surface area contributed by atoms with Crippen LogP contribution in [0, 0.1) is 5.82 Å². The highest BCUT2D eigenvalue weighted by molar-refractivity contribution is 5.98. The highest BCUT2D eigenvalue weighted by Gasteiger charge is 2.20. The van der Waals surface area contributed by atoms with Gasteiger partial charge in [-0.3, -0.25) is 4.79 Å². The molecule has 0 spiro atoms. The zero-order valence-electron chi connectivity index (χ0n) is 13.2. The van der Waals surface area contributed by atoms with Crippen LogP contribution in [-0.4, -0.2) is 32.7 Å². The van der Waals surface area contributed by atoms with E-state index in [9.17, 15) is 14.0 Å². The minimum absolute atomic E-state index is 0.00780. The van der Waals surface area contributed by atoms with Gasteiger partial charge in [-0.1, -0.05) is 18.2 Å². The molecular formula is C17H16FNO5. The molecule has 0 bridgehead atoms. The Morgan fingerprint density at radius 2 is 1.62 bits per heavy atom. The largest absolute Gasteiger partial charge is 0.496 e. The lowest BCUT2D eigenvalue weighted by Crippen LogP contribution is -2.22. The van der Waals surface area contributed by atoms with Crippen molar-refractivity contribution in [2.45, 2.75) is 0 Å². The first-order valence-corrected chi connectivity index (χ1v) is 6.99. The maximum absolute atomic E-state index is 13.5. The third-order valence-electron chi connectivity index (χ3n) is 3.11. The van der Waals surface area contributed by atoms with Crippen LogP contribution in [0.1, 0.15) is 10.4 Å². The molecular weight excluding hydrogens is 317 g/mol. The highest BCUT2D eigenvalue weighted by Crippen LogP contribution is 2.28. The molecule has 0 heterocycles. The lowest BCUT2D eigenvalue weighted by molar-refractivity contribution is -0.119. The molecule has 0 saturated carbocycles. The highest BCUT2D eigenvalue weighted by atomic mass is 19.1. The summed E-state index contributed by atoms with van der Waals surface area (Å²) in [6.45, 7) is -0.575. The Balaban J connectivity index is 2.03. The van der Waals surface area contributed by atoms with E-state index in [0.717, 1.165) is 0 Å². The topological polar surface area (TPSA) is 73.9 Å². The second-order valence-electron chi connectivity index (χ2n) is 4.64. The Morgan fingerprint density at radius 1 is 1.00 bits per heavy atom. The summed E-state index contributed by atoms with van der Waals surface area (Å²) in [5.41, 5.74) is 0.0783. The third-order valence-corrected chi connectivity index (χ3v) is 3.11. The number of amides is 1. The number of nitrogens with one attached hydrogen (secondary N) is 1. The molecule has 0 aliphatic rings. The van der Waals surface area contributed by atoms with Gasteiger partial charge in [-0.15, -0.1) is 0 Å². The van der Waals surface area contributed by atoms with Gasteiger partial charge < -0.3 is 19.5 Å². The molecule has 0 aliphatic carbocycles. The van der Waals surface area contributed by atoms with E-state index in [4.69, 9.17) is 14.2 Å². The van der Waals surface area contributed by atoms with Gasteiger partial charge >= 0.3 is 5.97 Å². The molecule has 0 aliphatic heterocycles. The maximum Gasteiger partial charge on any atom is 0.346 e. The van der Waals surface area contributed by atoms with Gasteiger partial charge in [0.25, 0.3) is 5.91 Å². The molecule has 24 heavy (non-hydrogen) atoms. The Bertz CT molecular complexity index is 725. The lowest BCUT2D eigenvalue weighted by atomic mass is 10.2. The van der Waals surface area contributed by atoms with E-state index in [1.54, 1.807) is 24.3 Å². The van der Waals surface area contributed by atoms with Gasteiger partial charge in [0.05, 0.1) is 19.9 Å². The van der Waals surface area contributed by atoms with E-state index in [1.165, 1.54) is 32.4 Å². The summed E-state index contributed by atoms with van der Waals surface area (Å²) in [6.07, 6.45) is 0. The Labute approximate surface area is 138 Å². The summed E-state index contributed by atoms with van der Waals surface area (Å²) in [4.78, 5) is 24.0. The number of halogens is 1. The van der Waals surface area contributed by atoms with Gasteiger partial charge in [-0.2, -0.15) is 0 Å². The van der Waals surface area contributed by atoms with Crippen LogP contribution in [0.2, 0.25) is 0 Å². The van der Waals surface area contributed by atoms with Crippen LogP contribution in [0.5, 0.6) is 11.5 Å². The summed E-state index contributed by atoms with van der Waals surface area (Å²) in [5.74, 6) is -1.51. The number of benzene rings is 2. The number of ether oxygens (including phenoxy) is 3. The molecule has 0 aromatic heterocycles. The number of hydrogen-bond acceptors (Lipinski definition) is 5. The number of rotatable bonds is 6. The van der Waals surface area contributed by atoms with E-state index in [1.807, 2.05) is 0 Å². The second kappa shape index (κ2) is 7.96. The number of carbonyl (C=O) groups is 2. The Hall–Kier alpha value is -3.09. The maximum atomic E-state index is 13.5. The van der Waals surface area contributed by atoms with Crippen molar-refractivity contribution in [3.63, 3.8) is 0 Å². The van der Waals surface area contributed by atoms with Crippen molar-refractivity contribution in [1.82, 2.24) is 0 Å². The fourth-order valence-electron chi connectivity index (χ4n) is 2.00. The SMILES string of the molecule is COc1cccc(OC)c1C(=O)OCC(=O)Nc1ccccc1F. The molecule has 7 heteroatoms. The van der Waals surface area contributed by atoms with Crippen molar-refractivity contribution in [2.75, 3.05) is 26.1 Å². The van der Waals surface area contributed by atoms with Crippen LogP contribution in [-0.2, 0) is 9.53 Å². The van der Waals surface area contributed by atoms with E-state index in [0.29, 0.717) is 0 Å². The van der Waals surface area contributed by atoms with Gasteiger partial charge in [-0.25, -0.2) is 9.18 Å². The average Bonchev–Trinajstić information content (AvgIpc) is 2.60. The number of esters is 1. The van der Waals surface area contributed by atoms with E-state index < -0.39 is 24.3 Å². The van der Waals surface area contributed by atoms with Crippen LogP contribution in [0.25, 0.3) is 0 Å². The number of anilines is 1. The zero-order chi connectivity index (χ0) is 17.5. The molecule has 1 N–H and O–H groups in total. The number of methoxy groups -OCH3 is 2. The number of carbonyl (C=O) groups excluding carboxylic acids is 2. The fourth-order valence-corrected chi connectivity index (χ4v) is 2.00. The molecule has 2 rings (SSSR count).